The minimum Gasteiger partial charge on any atom is -0.412 e. The first kappa shape index (κ1) is 17.5. The van der Waals surface area contributed by atoms with Crippen molar-refractivity contribution < 1.29 is 8.82 Å². The van der Waals surface area contributed by atoms with Gasteiger partial charge in [0.1, 0.15) is 5.82 Å². The quantitative estimate of drug-likeness (QED) is 0.731. The molecular formula is C18H30FNOSi. The van der Waals surface area contributed by atoms with Crippen LogP contribution in [0.2, 0.25) is 18.1 Å². The van der Waals surface area contributed by atoms with Crippen molar-refractivity contribution in [2.75, 3.05) is 5.32 Å². The van der Waals surface area contributed by atoms with E-state index in [1.165, 1.54) is 18.9 Å². The van der Waals surface area contributed by atoms with E-state index in [1.54, 1.807) is 12.1 Å². The third-order valence-electron chi connectivity index (χ3n) is 5.13. The van der Waals surface area contributed by atoms with Crippen molar-refractivity contribution in [3.05, 3.63) is 30.1 Å². The van der Waals surface area contributed by atoms with Gasteiger partial charge in [0.25, 0.3) is 0 Å². The van der Waals surface area contributed by atoms with Crippen molar-refractivity contribution in [1.29, 1.82) is 0 Å². The summed E-state index contributed by atoms with van der Waals surface area (Å²) in [7, 11) is -1.78. The van der Waals surface area contributed by atoms with Gasteiger partial charge in [0.15, 0.2) is 8.32 Å². The van der Waals surface area contributed by atoms with Crippen molar-refractivity contribution in [2.45, 2.75) is 76.7 Å². The Labute approximate surface area is 135 Å². The number of halogens is 1. The zero-order valence-electron chi connectivity index (χ0n) is 14.6. The third-order valence-corrected chi connectivity index (χ3v) is 9.64. The topological polar surface area (TPSA) is 21.3 Å². The summed E-state index contributed by atoms with van der Waals surface area (Å²) in [6.45, 7) is 11.4. The normalized spacial score (nSPS) is 23.4. The molecular weight excluding hydrogens is 293 g/mol. The molecule has 1 aromatic rings. The molecule has 2 atom stereocenters. The van der Waals surface area contributed by atoms with E-state index in [1.807, 2.05) is 6.07 Å². The monoisotopic (exact) mass is 323 g/mol. The van der Waals surface area contributed by atoms with Crippen LogP contribution >= 0.6 is 0 Å². The average Bonchev–Trinajstić information content (AvgIpc) is 2.39. The summed E-state index contributed by atoms with van der Waals surface area (Å²) in [5.74, 6) is -0.192. The lowest BCUT2D eigenvalue weighted by molar-refractivity contribution is 0.124. The number of anilines is 1. The van der Waals surface area contributed by atoms with Gasteiger partial charge in [-0.2, -0.15) is 0 Å². The van der Waals surface area contributed by atoms with E-state index in [2.05, 4.69) is 39.2 Å². The van der Waals surface area contributed by atoms with E-state index in [9.17, 15) is 4.39 Å². The summed E-state index contributed by atoms with van der Waals surface area (Å²) >= 11 is 0. The standard InChI is InChI=1S/C18H30FNOSi/c1-18(2,3)22(4,5)21-17-12-7-6-11-16(17)20-15-10-8-9-14(19)13-15/h8-10,13,16-17,20H,6-7,11-12H2,1-5H3/t16-,17-/m1/s1. The fraction of sp³-hybridized carbons (Fsp3) is 0.667. The Balaban J connectivity index is 2.08. The number of benzene rings is 1. The molecule has 4 heteroatoms. The molecule has 1 aliphatic carbocycles. The van der Waals surface area contributed by atoms with Crippen molar-refractivity contribution in [1.82, 2.24) is 0 Å². The van der Waals surface area contributed by atoms with E-state index in [0.29, 0.717) is 0 Å². The first-order valence-corrected chi connectivity index (χ1v) is 11.3. The fourth-order valence-corrected chi connectivity index (χ4v) is 4.14. The van der Waals surface area contributed by atoms with Gasteiger partial charge in [-0.1, -0.05) is 39.7 Å². The van der Waals surface area contributed by atoms with Crippen LogP contribution in [0.25, 0.3) is 0 Å². The maximum Gasteiger partial charge on any atom is 0.192 e. The van der Waals surface area contributed by atoms with E-state index in [-0.39, 0.29) is 23.0 Å². The zero-order chi connectivity index (χ0) is 16.4. The smallest absolute Gasteiger partial charge is 0.192 e. The van der Waals surface area contributed by atoms with Gasteiger partial charge in [0.05, 0.1) is 12.1 Å². The molecule has 1 aromatic carbocycles. The maximum atomic E-state index is 13.4. The summed E-state index contributed by atoms with van der Waals surface area (Å²) in [5, 5.41) is 3.72. The Hall–Kier alpha value is -0.873. The molecule has 2 rings (SSSR count). The van der Waals surface area contributed by atoms with Gasteiger partial charge in [-0.05, 0) is 49.2 Å². The molecule has 0 bridgehead atoms. The fourth-order valence-electron chi connectivity index (χ4n) is 2.75. The number of rotatable bonds is 4. The van der Waals surface area contributed by atoms with Crippen molar-refractivity contribution in [2.24, 2.45) is 0 Å². The lowest BCUT2D eigenvalue weighted by Crippen LogP contribution is -2.49. The van der Waals surface area contributed by atoms with Gasteiger partial charge in [-0.15, -0.1) is 0 Å². The number of nitrogens with one attached hydrogen (secondary N) is 1. The van der Waals surface area contributed by atoms with Crippen LogP contribution in [0.5, 0.6) is 0 Å². The highest BCUT2D eigenvalue weighted by Gasteiger charge is 2.41. The second kappa shape index (κ2) is 6.71. The lowest BCUT2D eigenvalue weighted by atomic mass is 9.92. The van der Waals surface area contributed by atoms with Crippen LogP contribution in [0.4, 0.5) is 10.1 Å². The largest absolute Gasteiger partial charge is 0.412 e. The molecule has 124 valence electrons. The lowest BCUT2D eigenvalue weighted by Gasteiger charge is -2.43. The molecule has 0 spiro atoms. The van der Waals surface area contributed by atoms with Crippen molar-refractivity contribution >= 4 is 14.0 Å². The first-order chi connectivity index (χ1) is 10.2. The zero-order valence-corrected chi connectivity index (χ0v) is 15.6. The Kier molecular flexibility index (Phi) is 5.33. The summed E-state index contributed by atoms with van der Waals surface area (Å²) in [5.41, 5.74) is 0.857. The molecule has 0 saturated heterocycles. The molecule has 0 heterocycles. The SMILES string of the molecule is CC(C)(C)[Si](C)(C)O[C@@H]1CCCC[C@H]1Nc1cccc(F)c1. The van der Waals surface area contributed by atoms with Crippen LogP contribution in [0, 0.1) is 5.82 Å². The minimum absolute atomic E-state index is 0.192. The van der Waals surface area contributed by atoms with Crippen molar-refractivity contribution in [3.63, 3.8) is 0 Å². The maximum absolute atomic E-state index is 13.4. The average molecular weight is 324 g/mol. The van der Waals surface area contributed by atoms with Crippen molar-refractivity contribution in [3.8, 4) is 0 Å². The number of hydrogen-bond acceptors (Lipinski definition) is 2. The molecule has 1 fully saturated rings. The molecule has 0 radical (unpaired) electrons. The van der Waals surface area contributed by atoms with Gasteiger partial charge >= 0.3 is 0 Å². The third kappa shape index (κ3) is 4.32. The molecule has 1 aliphatic rings. The summed E-state index contributed by atoms with van der Waals surface area (Å²) in [6.07, 6.45) is 4.86. The second-order valence-electron chi connectivity index (χ2n) is 7.96. The summed E-state index contributed by atoms with van der Waals surface area (Å²) in [4.78, 5) is 0. The Morgan fingerprint density at radius 2 is 1.86 bits per heavy atom. The molecule has 22 heavy (non-hydrogen) atoms. The number of hydrogen-bond donors (Lipinski definition) is 1. The molecule has 1 N–H and O–H groups in total. The first-order valence-electron chi connectivity index (χ1n) is 8.39. The highest BCUT2D eigenvalue weighted by atomic mass is 28.4. The van der Waals surface area contributed by atoms with E-state index >= 15 is 0 Å². The van der Waals surface area contributed by atoms with Gasteiger partial charge in [0, 0.05) is 5.69 Å². The molecule has 2 nitrogen and oxygen atoms in total. The van der Waals surface area contributed by atoms with E-state index < -0.39 is 8.32 Å². The van der Waals surface area contributed by atoms with Crippen LogP contribution in [-0.2, 0) is 4.43 Å². The van der Waals surface area contributed by atoms with Gasteiger partial charge in [0.2, 0.25) is 0 Å². The molecule has 0 unspecified atom stereocenters. The Morgan fingerprint density at radius 3 is 2.50 bits per heavy atom. The molecule has 0 aromatic heterocycles. The summed E-state index contributed by atoms with van der Waals surface area (Å²) in [6, 6.07) is 7.02. The van der Waals surface area contributed by atoms with Gasteiger partial charge in [-0.3, -0.25) is 0 Å². The van der Waals surface area contributed by atoms with Crippen LogP contribution in [-0.4, -0.2) is 20.5 Å². The van der Waals surface area contributed by atoms with Crippen LogP contribution in [0.3, 0.4) is 0 Å². The minimum atomic E-state index is -1.78. The molecule has 1 saturated carbocycles. The van der Waals surface area contributed by atoms with E-state index in [4.69, 9.17) is 4.43 Å². The van der Waals surface area contributed by atoms with Crippen LogP contribution < -0.4 is 5.32 Å². The molecule has 0 aliphatic heterocycles. The molecule has 0 amide bonds. The Bertz CT molecular complexity index is 498. The highest BCUT2D eigenvalue weighted by molar-refractivity contribution is 6.74. The van der Waals surface area contributed by atoms with Gasteiger partial charge in [-0.25, -0.2) is 4.39 Å². The van der Waals surface area contributed by atoms with Crippen LogP contribution in [0.1, 0.15) is 46.5 Å². The highest BCUT2D eigenvalue weighted by Crippen LogP contribution is 2.39. The Morgan fingerprint density at radius 1 is 1.18 bits per heavy atom. The van der Waals surface area contributed by atoms with Gasteiger partial charge < -0.3 is 9.74 Å². The van der Waals surface area contributed by atoms with E-state index in [0.717, 1.165) is 18.5 Å². The summed E-state index contributed by atoms with van der Waals surface area (Å²) < 4.78 is 20.0. The second-order valence-corrected chi connectivity index (χ2v) is 12.7. The predicted molar refractivity (Wildman–Crippen MR) is 94.3 cm³/mol. The van der Waals surface area contributed by atoms with Crippen LogP contribution in [0.15, 0.2) is 24.3 Å². The predicted octanol–water partition coefficient (Wildman–Crippen LogP) is 5.57.